The molecule has 4 rings (SSSR count). The Bertz CT molecular complexity index is 1040. The second-order valence-corrected chi connectivity index (χ2v) is 8.63. The highest BCUT2D eigenvalue weighted by Crippen LogP contribution is 2.29. The van der Waals surface area contributed by atoms with Crippen molar-refractivity contribution in [3.63, 3.8) is 0 Å². The third-order valence-corrected chi connectivity index (χ3v) is 6.29. The topological polar surface area (TPSA) is 68.2 Å². The Balaban J connectivity index is 1.28. The lowest BCUT2D eigenvalue weighted by atomic mass is 9.96. The Labute approximate surface area is 201 Å². The molecule has 1 amide bonds. The van der Waals surface area contributed by atoms with Crippen LogP contribution in [-0.2, 0) is 4.79 Å². The van der Waals surface area contributed by atoms with Crippen molar-refractivity contribution in [2.24, 2.45) is 5.10 Å². The van der Waals surface area contributed by atoms with Crippen LogP contribution in [0.1, 0.15) is 36.1 Å². The molecule has 0 atom stereocenters. The maximum absolute atomic E-state index is 12.3. The van der Waals surface area contributed by atoms with Crippen LogP contribution in [0.2, 0.25) is 0 Å². The van der Waals surface area contributed by atoms with E-state index in [0.29, 0.717) is 12.1 Å². The fraction of sp³-hybridized carbons (Fsp3) is 0.286. The van der Waals surface area contributed by atoms with Gasteiger partial charge in [0, 0.05) is 39.1 Å². The van der Waals surface area contributed by atoms with Crippen molar-refractivity contribution in [2.45, 2.75) is 19.4 Å². The molecule has 0 radical (unpaired) electrons. The summed E-state index contributed by atoms with van der Waals surface area (Å²) in [6.07, 6.45) is 0.410. The fourth-order valence-electron chi connectivity index (χ4n) is 4.36. The van der Waals surface area contributed by atoms with Crippen molar-refractivity contribution >= 4 is 11.6 Å². The van der Waals surface area contributed by atoms with E-state index in [1.54, 1.807) is 24.3 Å². The third-order valence-electron chi connectivity index (χ3n) is 6.29. The number of piperazine rings is 1. The number of phenolic OH excluding ortho intramolecular Hbond substituents is 1. The van der Waals surface area contributed by atoms with Crippen molar-refractivity contribution in [2.75, 3.05) is 32.7 Å². The Morgan fingerprint density at radius 3 is 2.00 bits per heavy atom. The van der Waals surface area contributed by atoms with E-state index in [1.165, 1.54) is 11.1 Å². The highest BCUT2D eigenvalue weighted by Gasteiger charge is 2.26. The molecule has 3 aromatic carbocycles. The van der Waals surface area contributed by atoms with Crippen LogP contribution in [0, 0.1) is 0 Å². The molecule has 0 bridgehead atoms. The molecule has 2 N–H and O–H groups in total. The van der Waals surface area contributed by atoms with Crippen LogP contribution in [0.4, 0.5) is 0 Å². The van der Waals surface area contributed by atoms with E-state index in [-0.39, 0.29) is 17.7 Å². The van der Waals surface area contributed by atoms with Gasteiger partial charge in [-0.05, 0) is 47.9 Å². The molecule has 1 fully saturated rings. The molecular formula is C28H32N4O2. The predicted molar refractivity (Wildman–Crippen MR) is 136 cm³/mol. The Hall–Kier alpha value is -3.48. The summed E-state index contributed by atoms with van der Waals surface area (Å²) in [6, 6.07) is 28.4. The number of hydrogen-bond acceptors (Lipinski definition) is 5. The fourth-order valence-corrected chi connectivity index (χ4v) is 4.36. The second-order valence-electron chi connectivity index (χ2n) is 8.63. The number of nitrogens with zero attached hydrogens (tertiary/aromatic N) is 3. The van der Waals surface area contributed by atoms with Crippen LogP contribution < -0.4 is 5.43 Å². The number of amides is 1. The first-order chi connectivity index (χ1) is 16.6. The predicted octanol–water partition coefficient (Wildman–Crippen LogP) is 4.03. The van der Waals surface area contributed by atoms with Gasteiger partial charge in [0.15, 0.2) is 0 Å². The van der Waals surface area contributed by atoms with Gasteiger partial charge in [0.1, 0.15) is 5.75 Å². The largest absolute Gasteiger partial charge is 0.508 e. The molecule has 6 heteroatoms. The quantitative estimate of drug-likeness (QED) is 0.397. The summed E-state index contributed by atoms with van der Waals surface area (Å²) >= 11 is 0. The van der Waals surface area contributed by atoms with Crippen LogP contribution in [0.15, 0.2) is 90.0 Å². The van der Waals surface area contributed by atoms with Crippen LogP contribution >= 0.6 is 0 Å². The number of benzene rings is 3. The monoisotopic (exact) mass is 456 g/mol. The van der Waals surface area contributed by atoms with Crippen LogP contribution in [0.5, 0.6) is 5.75 Å². The Morgan fingerprint density at radius 1 is 0.882 bits per heavy atom. The van der Waals surface area contributed by atoms with Gasteiger partial charge in [0.25, 0.3) is 0 Å². The lowest BCUT2D eigenvalue weighted by Gasteiger charge is -2.39. The first-order valence-electron chi connectivity index (χ1n) is 11.8. The summed E-state index contributed by atoms with van der Waals surface area (Å²) in [5.41, 5.74) is 6.84. The van der Waals surface area contributed by atoms with E-state index >= 15 is 0 Å². The van der Waals surface area contributed by atoms with Gasteiger partial charge in [0.05, 0.1) is 11.8 Å². The number of carbonyl (C=O) groups is 1. The van der Waals surface area contributed by atoms with Gasteiger partial charge < -0.3 is 10.0 Å². The summed E-state index contributed by atoms with van der Waals surface area (Å²) < 4.78 is 0. The molecule has 0 aliphatic carbocycles. The zero-order valence-corrected chi connectivity index (χ0v) is 19.6. The van der Waals surface area contributed by atoms with Crippen molar-refractivity contribution in [1.29, 1.82) is 0 Å². The van der Waals surface area contributed by atoms with Crippen molar-refractivity contribution in [1.82, 2.24) is 15.2 Å². The maximum atomic E-state index is 12.3. The van der Waals surface area contributed by atoms with E-state index in [9.17, 15) is 9.90 Å². The van der Waals surface area contributed by atoms with E-state index in [2.05, 4.69) is 81.0 Å². The average Bonchev–Trinajstić information content (AvgIpc) is 2.88. The summed E-state index contributed by atoms with van der Waals surface area (Å²) in [7, 11) is 0. The number of carbonyl (C=O) groups excluding carboxylic acids is 1. The summed E-state index contributed by atoms with van der Waals surface area (Å²) in [5.74, 6) is 0.117. The molecular weight excluding hydrogens is 424 g/mol. The number of nitrogens with one attached hydrogen (secondary N) is 1. The SMILES string of the molecule is C/C(=N/NC(=O)CCN1CCN(C(c2ccccc2)c2ccccc2)CC1)c1ccc(O)cc1. The molecule has 0 aromatic heterocycles. The zero-order valence-electron chi connectivity index (χ0n) is 19.6. The highest BCUT2D eigenvalue weighted by molar-refractivity contribution is 5.99. The normalized spacial score (nSPS) is 15.4. The van der Waals surface area contributed by atoms with Gasteiger partial charge >= 0.3 is 0 Å². The number of rotatable bonds is 8. The van der Waals surface area contributed by atoms with Gasteiger partial charge in [0.2, 0.25) is 5.91 Å². The average molecular weight is 457 g/mol. The molecule has 6 nitrogen and oxygen atoms in total. The molecule has 1 aliphatic heterocycles. The molecule has 0 spiro atoms. The highest BCUT2D eigenvalue weighted by atomic mass is 16.3. The van der Waals surface area contributed by atoms with E-state index in [4.69, 9.17) is 0 Å². The molecule has 1 aliphatic rings. The molecule has 0 unspecified atom stereocenters. The number of phenols is 1. The maximum Gasteiger partial charge on any atom is 0.241 e. The summed E-state index contributed by atoms with van der Waals surface area (Å²) in [4.78, 5) is 17.2. The molecule has 1 saturated heterocycles. The van der Waals surface area contributed by atoms with E-state index in [0.717, 1.165) is 38.3 Å². The number of hydrogen-bond donors (Lipinski definition) is 2. The van der Waals surface area contributed by atoms with Gasteiger partial charge in [-0.15, -0.1) is 0 Å². The Kier molecular flexibility index (Phi) is 8.07. The molecule has 176 valence electrons. The summed E-state index contributed by atoms with van der Waals surface area (Å²) in [6.45, 7) is 6.32. The van der Waals surface area contributed by atoms with Gasteiger partial charge in [-0.3, -0.25) is 9.69 Å². The lowest BCUT2D eigenvalue weighted by Crippen LogP contribution is -2.48. The first-order valence-corrected chi connectivity index (χ1v) is 11.8. The smallest absolute Gasteiger partial charge is 0.241 e. The van der Waals surface area contributed by atoms with Crippen molar-refractivity contribution < 1.29 is 9.90 Å². The van der Waals surface area contributed by atoms with E-state index < -0.39 is 0 Å². The lowest BCUT2D eigenvalue weighted by molar-refractivity contribution is -0.121. The number of hydrazone groups is 1. The van der Waals surface area contributed by atoms with Crippen LogP contribution in [-0.4, -0.2) is 59.2 Å². The number of aromatic hydroxyl groups is 1. The minimum Gasteiger partial charge on any atom is -0.508 e. The van der Waals surface area contributed by atoms with Gasteiger partial charge in [-0.25, -0.2) is 5.43 Å². The minimum atomic E-state index is -0.0907. The van der Waals surface area contributed by atoms with Crippen LogP contribution in [0.25, 0.3) is 0 Å². The van der Waals surface area contributed by atoms with Crippen molar-refractivity contribution in [3.8, 4) is 5.75 Å². The van der Waals surface area contributed by atoms with Crippen LogP contribution in [0.3, 0.4) is 0 Å². The van der Waals surface area contributed by atoms with Gasteiger partial charge in [-0.2, -0.15) is 5.10 Å². The standard InChI is InChI=1S/C28H32N4O2/c1-22(23-12-14-26(33)15-13-23)29-30-27(34)16-17-31-18-20-32(21-19-31)28(24-8-4-2-5-9-24)25-10-6-3-7-11-25/h2-15,28,33H,16-21H2,1H3,(H,30,34)/b29-22-. The second kappa shape index (κ2) is 11.6. The molecule has 3 aromatic rings. The first kappa shape index (κ1) is 23.7. The third kappa shape index (κ3) is 6.31. The van der Waals surface area contributed by atoms with E-state index in [1.807, 2.05) is 6.92 Å². The summed E-state index contributed by atoms with van der Waals surface area (Å²) in [5, 5.41) is 13.6. The van der Waals surface area contributed by atoms with Crippen molar-refractivity contribution in [3.05, 3.63) is 102 Å². The van der Waals surface area contributed by atoms with Gasteiger partial charge in [-0.1, -0.05) is 60.7 Å². The molecule has 0 saturated carbocycles. The zero-order chi connectivity index (χ0) is 23.8. The Morgan fingerprint density at radius 2 is 1.44 bits per heavy atom. The molecule has 34 heavy (non-hydrogen) atoms. The minimum absolute atomic E-state index is 0.0907. The molecule has 1 heterocycles.